The highest BCUT2D eigenvalue weighted by atomic mass is 79.9. The molecule has 4 aromatic carbocycles. The van der Waals surface area contributed by atoms with Crippen molar-refractivity contribution >= 4 is 67.2 Å². The van der Waals surface area contributed by atoms with E-state index in [-0.39, 0.29) is 5.78 Å². The van der Waals surface area contributed by atoms with Crippen LogP contribution in [0.15, 0.2) is 118 Å². The van der Waals surface area contributed by atoms with Crippen molar-refractivity contribution in [1.82, 2.24) is 0 Å². The van der Waals surface area contributed by atoms with E-state index in [1.807, 2.05) is 88.9 Å². The fourth-order valence-corrected chi connectivity index (χ4v) is 6.23. The molecule has 182 valence electrons. The summed E-state index contributed by atoms with van der Waals surface area (Å²) in [5.74, 6) is -0.103. The second kappa shape index (κ2) is 9.49. The minimum atomic E-state index is -0.981. The first-order valence-corrected chi connectivity index (χ1v) is 13.6. The molecule has 8 heteroatoms. The first kappa shape index (κ1) is 24.0. The summed E-state index contributed by atoms with van der Waals surface area (Å²) in [5.41, 5.74) is 5.45. The highest BCUT2D eigenvalue weighted by Crippen LogP contribution is 2.55. The van der Waals surface area contributed by atoms with Crippen LogP contribution in [0.5, 0.6) is 0 Å². The number of benzene rings is 4. The molecule has 0 aliphatic carbocycles. The molecule has 5 nitrogen and oxygen atoms in total. The largest absolute Gasteiger partial charge is 0.292 e. The summed E-state index contributed by atoms with van der Waals surface area (Å²) in [7, 11) is 0. The molecule has 0 fully saturated rings. The van der Waals surface area contributed by atoms with Gasteiger partial charge in [0.15, 0.2) is 10.8 Å². The second-order valence-electron chi connectivity index (χ2n) is 8.61. The summed E-state index contributed by atoms with van der Waals surface area (Å²) in [5, 5.41) is 15.0. The quantitative estimate of drug-likeness (QED) is 0.246. The maximum Gasteiger partial charge on any atom is 0.234 e. The average Bonchev–Trinajstić information content (AvgIpc) is 3.32. The zero-order chi connectivity index (χ0) is 25.6. The molecule has 0 N–H and O–H groups in total. The zero-order valence-corrected chi connectivity index (χ0v) is 22.8. The van der Waals surface area contributed by atoms with Crippen LogP contribution in [-0.2, 0) is 9.79 Å². The fraction of sp³-hybridized carbons (Fsp3) is 0.0690. The number of hydrazone groups is 2. The van der Waals surface area contributed by atoms with E-state index in [0.717, 1.165) is 38.2 Å². The number of ketones is 1. The Hall–Kier alpha value is -3.39. The van der Waals surface area contributed by atoms with Gasteiger partial charge in [-0.3, -0.25) is 4.79 Å². The lowest BCUT2D eigenvalue weighted by Gasteiger charge is -2.47. The predicted molar refractivity (Wildman–Crippen MR) is 156 cm³/mol. The number of rotatable bonds is 4. The number of para-hydroxylation sites is 1. The van der Waals surface area contributed by atoms with Crippen molar-refractivity contribution in [2.45, 2.75) is 11.9 Å². The van der Waals surface area contributed by atoms with Crippen LogP contribution in [0, 0.1) is 0 Å². The third kappa shape index (κ3) is 4.07. The number of nitrogens with zero attached hydrogens (tertiary/aromatic N) is 4. The Balaban J connectivity index is 1.66. The molecule has 1 unspecified atom stereocenters. The maximum absolute atomic E-state index is 12.7. The molecule has 0 radical (unpaired) electrons. The summed E-state index contributed by atoms with van der Waals surface area (Å²) in [4.78, 5) is 11.7. The maximum atomic E-state index is 12.7. The lowest BCUT2D eigenvalue weighted by Crippen LogP contribution is -2.54. The first-order chi connectivity index (χ1) is 18.0. The van der Waals surface area contributed by atoms with Crippen LogP contribution in [0.4, 0.5) is 11.4 Å². The SMILES string of the molecule is CC(=O)C1=NN(c2ccc(Cl)cc2)C2(S1)c1ccccc1C(c1ccc(Br)cc1)=NN2c1ccccc1. The van der Waals surface area contributed by atoms with Gasteiger partial charge in [0.05, 0.1) is 17.1 Å². The minimum Gasteiger partial charge on any atom is -0.292 e. The lowest BCUT2D eigenvalue weighted by molar-refractivity contribution is -0.110. The van der Waals surface area contributed by atoms with E-state index in [1.165, 1.54) is 11.8 Å². The number of carbonyl (C=O) groups is 1. The summed E-state index contributed by atoms with van der Waals surface area (Å²) in [6.07, 6.45) is 0. The molecule has 4 aromatic rings. The fourth-order valence-electron chi connectivity index (χ4n) is 4.55. The normalized spacial score (nSPS) is 18.5. The van der Waals surface area contributed by atoms with Crippen molar-refractivity contribution in [3.05, 3.63) is 129 Å². The molecular formula is C29H20BrClN4OS. The number of halogens is 2. The summed E-state index contributed by atoms with van der Waals surface area (Å²) in [6.45, 7) is 1.54. The Kier molecular flexibility index (Phi) is 6.15. The minimum absolute atomic E-state index is 0.103. The molecule has 2 aliphatic rings. The number of hydrogen-bond acceptors (Lipinski definition) is 6. The smallest absolute Gasteiger partial charge is 0.234 e. The highest BCUT2D eigenvalue weighted by molar-refractivity contribution is 9.10. The van der Waals surface area contributed by atoms with Gasteiger partial charge in [-0.25, -0.2) is 10.0 Å². The standard InChI is InChI=1S/C29H20BrClN4OS/c1-19(36)28-33-35(24-17-15-22(31)16-18-24)29(37-28)26-10-6-5-9-25(26)27(20-11-13-21(30)14-12-20)32-34(29)23-7-3-2-4-8-23/h2-18H,1H3. The molecule has 2 heterocycles. The molecule has 1 atom stereocenters. The monoisotopic (exact) mass is 586 g/mol. The second-order valence-corrected chi connectivity index (χ2v) is 11.1. The predicted octanol–water partition coefficient (Wildman–Crippen LogP) is 7.64. The van der Waals surface area contributed by atoms with Gasteiger partial charge in [0.25, 0.3) is 0 Å². The van der Waals surface area contributed by atoms with Crippen LogP contribution in [-0.4, -0.2) is 16.5 Å². The van der Waals surface area contributed by atoms with Crippen molar-refractivity contribution < 1.29 is 4.79 Å². The van der Waals surface area contributed by atoms with Crippen LogP contribution in [0.3, 0.4) is 0 Å². The van der Waals surface area contributed by atoms with Crippen LogP contribution in [0.1, 0.15) is 23.6 Å². The van der Waals surface area contributed by atoms with E-state index in [2.05, 4.69) is 40.2 Å². The lowest BCUT2D eigenvalue weighted by atomic mass is 9.93. The van der Waals surface area contributed by atoms with Crippen LogP contribution in [0.2, 0.25) is 5.02 Å². The number of carbonyl (C=O) groups excluding carboxylic acids is 1. The molecule has 2 aliphatic heterocycles. The highest BCUT2D eigenvalue weighted by Gasteiger charge is 2.55. The Morgan fingerprint density at radius 2 is 1.43 bits per heavy atom. The Morgan fingerprint density at radius 3 is 2.14 bits per heavy atom. The van der Waals surface area contributed by atoms with Crippen LogP contribution < -0.4 is 10.0 Å². The molecule has 0 amide bonds. The van der Waals surface area contributed by atoms with Crippen molar-refractivity contribution in [2.75, 3.05) is 10.0 Å². The number of hydrogen-bond donors (Lipinski definition) is 0. The number of Topliss-reactive ketones (excluding diaryl/α,β-unsaturated/α-hetero) is 1. The van der Waals surface area contributed by atoms with E-state index >= 15 is 0 Å². The summed E-state index contributed by atoms with van der Waals surface area (Å²) in [6, 6.07) is 33.8. The van der Waals surface area contributed by atoms with Crippen LogP contribution in [0.25, 0.3) is 0 Å². The molecule has 6 rings (SSSR count). The van der Waals surface area contributed by atoms with Gasteiger partial charge in [-0.1, -0.05) is 82.1 Å². The third-order valence-electron chi connectivity index (χ3n) is 6.23. The molecule has 0 saturated heterocycles. The number of anilines is 2. The molecular weight excluding hydrogens is 568 g/mol. The van der Waals surface area contributed by atoms with E-state index in [4.69, 9.17) is 21.8 Å². The third-order valence-corrected chi connectivity index (χ3v) is 8.42. The Bertz CT molecular complexity index is 1560. The van der Waals surface area contributed by atoms with Gasteiger partial charge in [0.2, 0.25) is 4.99 Å². The van der Waals surface area contributed by atoms with Crippen molar-refractivity contribution in [2.24, 2.45) is 10.2 Å². The Morgan fingerprint density at radius 1 is 0.811 bits per heavy atom. The molecule has 1 spiro atoms. The number of thioether (sulfide) groups is 1. The van der Waals surface area contributed by atoms with E-state index in [1.54, 1.807) is 6.92 Å². The van der Waals surface area contributed by atoms with Gasteiger partial charge in [0.1, 0.15) is 0 Å². The molecule has 37 heavy (non-hydrogen) atoms. The van der Waals surface area contributed by atoms with Gasteiger partial charge < -0.3 is 0 Å². The summed E-state index contributed by atoms with van der Waals surface area (Å²) >= 11 is 11.2. The van der Waals surface area contributed by atoms with Crippen molar-refractivity contribution in [1.29, 1.82) is 0 Å². The zero-order valence-electron chi connectivity index (χ0n) is 19.7. The molecule has 0 aromatic heterocycles. The van der Waals surface area contributed by atoms with Gasteiger partial charge in [-0.2, -0.15) is 10.2 Å². The van der Waals surface area contributed by atoms with E-state index in [9.17, 15) is 4.79 Å². The van der Waals surface area contributed by atoms with Crippen molar-refractivity contribution in [3.63, 3.8) is 0 Å². The molecule has 0 bridgehead atoms. The first-order valence-electron chi connectivity index (χ1n) is 11.6. The van der Waals surface area contributed by atoms with E-state index < -0.39 is 4.99 Å². The average molecular weight is 588 g/mol. The van der Waals surface area contributed by atoms with E-state index in [0.29, 0.717) is 10.1 Å². The topological polar surface area (TPSA) is 48.3 Å². The molecule has 0 saturated carbocycles. The van der Waals surface area contributed by atoms with Crippen molar-refractivity contribution in [3.8, 4) is 0 Å². The summed E-state index contributed by atoms with van der Waals surface area (Å²) < 4.78 is 0.997. The van der Waals surface area contributed by atoms with Gasteiger partial charge in [0, 0.05) is 33.1 Å². The Labute approximate surface area is 232 Å². The number of fused-ring (bicyclic) bond motifs is 2. The van der Waals surface area contributed by atoms with Gasteiger partial charge in [-0.05, 0) is 60.3 Å². The van der Waals surface area contributed by atoms with Crippen LogP contribution >= 0.6 is 39.3 Å². The van der Waals surface area contributed by atoms with Gasteiger partial charge in [-0.15, -0.1) is 0 Å². The van der Waals surface area contributed by atoms with Gasteiger partial charge >= 0.3 is 0 Å².